The van der Waals surface area contributed by atoms with E-state index in [1.807, 2.05) is 0 Å². The molecule has 1 unspecified atom stereocenters. The normalized spacial score (nSPS) is 12.3. The smallest absolute Gasteiger partial charge is 0.141 e. The van der Waals surface area contributed by atoms with Crippen molar-refractivity contribution in [1.82, 2.24) is 10.3 Å². The zero-order chi connectivity index (χ0) is 14.4. The number of nitrogens with zero attached hydrogens (tertiary/aromatic N) is 1. The second kappa shape index (κ2) is 7.41. The van der Waals surface area contributed by atoms with Crippen molar-refractivity contribution in [3.05, 3.63) is 59.7 Å². The van der Waals surface area contributed by atoms with Gasteiger partial charge >= 0.3 is 0 Å². The number of hydrogen-bond acceptors (Lipinski definition) is 3. The van der Waals surface area contributed by atoms with Crippen molar-refractivity contribution in [1.29, 1.82) is 0 Å². The summed E-state index contributed by atoms with van der Waals surface area (Å²) in [5, 5.41) is 3.38. The maximum Gasteiger partial charge on any atom is 0.141 e. The summed E-state index contributed by atoms with van der Waals surface area (Å²) in [7, 11) is 0. The molecule has 1 heterocycles. The van der Waals surface area contributed by atoms with Crippen molar-refractivity contribution in [3.63, 3.8) is 0 Å². The van der Waals surface area contributed by atoms with Crippen LogP contribution in [0.2, 0.25) is 0 Å². The highest BCUT2D eigenvalue weighted by atomic mass is 32.2. The zero-order valence-electron chi connectivity index (χ0n) is 11.8. The molecule has 2 rings (SSSR count). The maximum absolute atomic E-state index is 13.3. The van der Waals surface area contributed by atoms with Crippen LogP contribution in [0.5, 0.6) is 0 Å². The molecule has 0 bridgehead atoms. The highest BCUT2D eigenvalue weighted by molar-refractivity contribution is 7.99. The predicted molar refractivity (Wildman–Crippen MR) is 82.5 cm³/mol. The van der Waals surface area contributed by atoms with Gasteiger partial charge in [0.25, 0.3) is 0 Å². The summed E-state index contributed by atoms with van der Waals surface area (Å²) in [6.07, 6.45) is 2.97. The van der Waals surface area contributed by atoms with E-state index in [0.717, 1.165) is 17.9 Å². The van der Waals surface area contributed by atoms with Gasteiger partial charge in [0.1, 0.15) is 5.82 Å². The fourth-order valence-corrected chi connectivity index (χ4v) is 3.14. The lowest BCUT2D eigenvalue weighted by molar-refractivity contribution is 0.582. The van der Waals surface area contributed by atoms with E-state index in [4.69, 9.17) is 0 Å². The zero-order valence-corrected chi connectivity index (χ0v) is 12.6. The Morgan fingerprint density at radius 2 is 2.15 bits per heavy atom. The fraction of sp³-hybridized carbons (Fsp3) is 0.312. The van der Waals surface area contributed by atoms with E-state index in [1.54, 1.807) is 24.0 Å². The van der Waals surface area contributed by atoms with Crippen LogP contribution in [0.4, 0.5) is 4.39 Å². The molecule has 2 nitrogen and oxygen atoms in total. The number of aryl methyl sites for hydroxylation is 1. The van der Waals surface area contributed by atoms with Crippen LogP contribution in [0.25, 0.3) is 0 Å². The maximum atomic E-state index is 13.3. The van der Waals surface area contributed by atoms with Crippen LogP contribution in [0.15, 0.2) is 47.6 Å². The van der Waals surface area contributed by atoms with Crippen molar-refractivity contribution in [3.8, 4) is 0 Å². The van der Waals surface area contributed by atoms with Crippen LogP contribution in [0.3, 0.4) is 0 Å². The van der Waals surface area contributed by atoms with Crippen LogP contribution in [-0.2, 0) is 0 Å². The van der Waals surface area contributed by atoms with Gasteiger partial charge < -0.3 is 5.32 Å². The molecule has 0 amide bonds. The Morgan fingerprint density at radius 3 is 2.85 bits per heavy atom. The standard InChI is InChI=1S/C16H19FN2S/c1-3-19-16(13-8-14(17)10-18-9-13)11-20-15-6-4-5-12(2)7-15/h4-10,16,19H,3,11H2,1-2H3. The number of thioether (sulfide) groups is 1. The van der Waals surface area contributed by atoms with E-state index in [9.17, 15) is 4.39 Å². The van der Waals surface area contributed by atoms with Gasteiger partial charge in [-0.15, -0.1) is 11.8 Å². The Bertz CT molecular complexity index is 560. The minimum atomic E-state index is -0.286. The topological polar surface area (TPSA) is 24.9 Å². The largest absolute Gasteiger partial charge is 0.309 e. The van der Waals surface area contributed by atoms with Gasteiger partial charge in [0.2, 0.25) is 0 Å². The fourth-order valence-electron chi connectivity index (χ4n) is 2.02. The minimum Gasteiger partial charge on any atom is -0.309 e. The number of halogens is 1. The third-order valence-corrected chi connectivity index (χ3v) is 4.07. The number of rotatable bonds is 6. The number of nitrogens with one attached hydrogen (secondary N) is 1. The van der Waals surface area contributed by atoms with E-state index in [0.29, 0.717) is 0 Å². The predicted octanol–water partition coefficient (Wildman–Crippen LogP) is 3.97. The molecule has 2 aromatic rings. The number of pyridine rings is 1. The SMILES string of the molecule is CCNC(CSc1cccc(C)c1)c1cncc(F)c1. The van der Waals surface area contributed by atoms with Gasteiger partial charge in [-0.25, -0.2) is 4.39 Å². The van der Waals surface area contributed by atoms with Gasteiger partial charge in [0, 0.05) is 22.9 Å². The van der Waals surface area contributed by atoms with E-state index in [1.165, 1.54) is 16.7 Å². The van der Waals surface area contributed by atoms with Gasteiger partial charge in [0.15, 0.2) is 0 Å². The molecule has 0 saturated carbocycles. The van der Waals surface area contributed by atoms with Gasteiger partial charge in [-0.1, -0.05) is 24.6 Å². The molecule has 0 aliphatic rings. The Hall–Kier alpha value is -1.39. The summed E-state index contributed by atoms with van der Waals surface area (Å²) in [5.74, 6) is 0.563. The van der Waals surface area contributed by atoms with Crippen LogP contribution >= 0.6 is 11.8 Å². The molecule has 0 radical (unpaired) electrons. The Labute approximate surface area is 123 Å². The highest BCUT2D eigenvalue weighted by Gasteiger charge is 2.12. The van der Waals surface area contributed by atoms with E-state index >= 15 is 0 Å². The summed E-state index contributed by atoms with van der Waals surface area (Å²) < 4.78 is 13.3. The molecule has 0 aliphatic carbocycles. The monoisotopic (exact) mass is 290 g/mol. The van der Waals surface area contributed by atoms with Crippen molar-refractivity contribution in [2.45, 2.75) is 24.8 Å². The number of benzene rings is 1. The number of hydrogen-bond donors (Lipinski definition) is 1. The first kappa shape index (κ1) is 15.0. The molecular formula is C16H19FN2S. The van der Waals surface area contributed by atoms with E-state index < -0.39 is 0 Å². The van der Waals surface area contributed by atoms with Crippen molar-refractivity contribution < 1.29 is 4.39 Å². The molecule has 1 atom stereocenters. The molecular weight excluding hydrogens is 271 g/mol. The second-order valence-corrected chi connectivity index (χ2v) is 5.77. The van der Waals surface area contributed by atoms with Crippen LogP contribution in [-0.4, -0.2) is 17.3 Å². The third-order valence-electron chi connectivity index (χ3n) is 2.99. The molecule has 4 heteroatoms. The van der Waals surface area contributed by atoms with Crippen LogP contribution in [0, 0.1) is 12.7 Å². The van der Waals surface area contributed by atoms with Crippen molar-refractivity contribution in [2.75, 3.05) is 12.3 Å². The molecule has 1 aromatic heterocycles. The van der Waals surface area contributed by atoms with Crippen LogP contribution in [0.1, 0.15) is 24.1 Å². The van der Waals surface area contributed by atoms with Gasteiger partial charge in [-0.05, 0) is 37.2 Å². The molecule has 0 saturated heterocycles. The van der Waals surface area contributed by atoms with E-state index in [2.05, 4.69) is 48.4 Å². The third kappa shape index (κ3) is 4.32. The summed E-state index contributed by atoms with van der Waals surface area (Å²) >= 11 is 1.77. The highest BCUT2D eigenvalue weighted by Crippen LogP contribution is 2.25. The summed E-state index contributed by atoms with van der Waals surface area (Å²) in [6.45, 7) is 4.98. The number of aromatic nitrogens is 1. The summed E-state index contributed by atoms with van der Waals surface area (Å²) in [5.41, 5.74) is 2.15. The summed E-state index contributed by atoms with van der Waals surface area (Å²) in [4.78, 5) is 5.17. The lowest BCUT2D eigenvalue weighted by Crippen LogP contribution is -2.23. The average molecular weight is 290 g/mol. The molecule has 20 heavy (non-hydrogen) atoms. The minimum absolute atomic E-state index is 0.105. The molecule has 0 spiro atoms. The lowest BCUT2D eigenvalue weighted by Gasteiger charge is -2.17. The van der Waals surface area contributed by atoms with Crippen LogP contribution < -0.4 is 5.32 Å². The second-order valence-electron chi connectivity index (χ2n) is 4.67. The van der Waals surface area contributed by atoms with Gasteiger partial charge in [-0.3, -0.25) is 4.98 Å². The first-order chi connectivity index (χ1) is 9.69. The quantitative estimate of drug-likeness (QED) is 0.815. The van der Waals surface area contributed by atoms with Gasteiger partial charge in [0.05, 0.1) is 6.20 Å². The first-order valence-corrected chi connectivity index (χ1v) is 7.71. The Balaban J connectivity index is 2.06. The molecule has 0 aliphatic heterocycles. The lowest BCUT2D eigenvalue weighted by atomic mass is 10.1. The molecule has 1 N–H and O–H groups in total. The molecule has 0 fully saturated rings. The van der Waals surface area contributed by atoms with E-state index in [-0.39, 0.29) is 11.9 Å². The molecule has 106 valence electrons. The summed E-state index contributed by atoms with van der Waals surface area (Å²) in [6, 6.07) is 10.1. The Morgan fingerprint density at radius 1 is 1.30 bits per heavy atom. The van der Waals surface area contributed by atoms with Crippen molar-refractivity contribution in [2.24, 2.45) is 0 Å². The van der Waals surface area contributed by atoms with Crippen molar-refractivity contribution >= 4 is 11.8 Å². The Kier molecular flexibility index (Phi) is 5.56. The first-order valence-electron chi connectivity index (χ1n) is 6.72. The van der Waals surface area contributed by atoms with Gasteiger partial charge in [-0.2, -0.15) is 0 Å². The molecule has 1 aromatic carbocycles. The average Bonchev–Trinajstić information content (AvgIpc) is 2.43.